The van der Waals surface area contributed by atoms with Crippen LogP contribution in [0.5, 0.6) is 0 Å². The number of anilines is 1. The third kappa shape index (κ3) is 2.76. The second-order valence-electron chi connectivity index (χ2n) is 3.46. The lowest BCUT2D eigenvalue weighted by molar-refractivity contribution is -0.493. The maximum absolute atomic E-state index is 10.9. The third-order valence-electron chi connectivity index (χ3n) is 2.32. The van der Waals surface area contributed by atoms with E-state index in [0.717, 1.165) is 0 Å². The normalized spacial score (nSPS) is 10.0. The molecule has 0 aliphatic heterocycles. The van der Waals surface area contributed by atoms with Crippen molar-refractivity contribution in [3.8, 4) is 0 Å². The summed E-state index contributed by atoms with van der Waals surface area (Å²) in [5.41, 5.74) is -4.64. The van der Waals surface area contributed by atoms with Crippen LogP contribution in [-0.2, 0) is 0 Å². The molecule has 0 saturated carbocycles. The fourth-order valence-electron chi connectivity index (χ4n) is 1.45. The molecule has 0 aromatic heterocycles. The summed E-state index contributed by atoms with van der Waals surface area (Å²) >= 11 is 5.47. The van der Waals surface area contributed by atoms with E-state index in [2.05, 4.69) is 0 Å². The first-order valence-corrected chi connectivity index (χ1v) is 5.15. The fourth-order valence-corrected chi connectivity index (χ4v) is 1.73. The summed E-state index contributed by atoms with van der Waals surface area (Å²) in [5, 5.41) is 41.0. The monoisotopic (exact) mass is 321 g/mol. The van der Waals surface area contributed by atoms with Gasteiger partial charge in [0.1, 0.15) is 0 Å². The minimum atomic E-state index is -1.29. The quantitative estimate of drug-likeness (QED) is 0.576. The van der Waals surface area contributed by atoms with Gasteiger partial charge in [-0.1, -0.05) is 16.6 Å². The Hall–Kier alpha value is -3.09. The second kappa shape index (κ2) is 5.49. The molecule has 0 spiro atoms. The van der Waals surface area contributed by atoms with Crippen LogP contribution in [0.3, 0.4) is 0 Å². The Kier molecular flexibility index (Phi) is 4.18. The molecule has 0 bridgehead atoms. The van der Waals surface area contributed by atoms with Gasteiger partial charge in [0.2, 0.25) is 0 Å². The highest BCUT2D eigenvalue weighted by Crippen LogP contribution is 2.46. The minimum absolute atomic E-state index is 0.00806. The van der Waals surface area contributed by atoms with Gasteiger partial charge in [0.25, 0.3) is 5.69 Å². The minimum Gasteiger partial charge on any atom is -0.258 e. The highest BCUT2D eigenvalue weighted by molar-refractivity contribution is 6.35. The average Bonchev–Trinajstić information content (AvgIpc) is 2.35. The molecular formula is C7H4ClN5O8. The maximum Gasteiger partial charge on any atom is 0.331 e. The fraction of sp³-hybridized carbons (Fsp3) is 0.143. The van der Waals surface area contributed by atoms with Gasteiger partial charge >= 0.3 is 17.1 Å². The molecule has 0 unspecified atom stereocenters. The number of hydrogen-bond acceptors (Lipinski definition) is 8. The largest absolute Gasteiger partial charge is 0.331 e. The van der Waals surface area contributed by atoms with Crippen molar-refractivity contribution in [3.63, 3.8) is 0 Å². The molecule has 1 aromatic carbocycles. The molecule has 0 saturated heterocycles. The highest BCUT2D eigenvalue weighted by Gasteiger charge is 2.41. The molecule has 112 valence electrons. The van der Waals surface area contributed by atoms with Crippen molar-refractivity contribution < 1.29 is 19.8 Å². The molecule has 0 radical (unpaired) electrons. The molecule has 21 heavy (non-hydrogen) atoms. The van der Waals surface area contributed by atoms with E-state index in [1.807, 2.05) is 0 Å². The van der Waals surface area contributed by atoms with E-state index in [1.165, 1.54) is 0 Å². The van der Waals surface area contributed by atoms with E-state index in [9.17, 15) is 40.5 Å². The molecule has 0 heterocycles. The Labute approximate surface area is 118 Å². The molecule has 0 N–H and O–H groups in total. The van der Waals surface area contributed by atoms with Crippen molar-refractivity contribution in [2.75, 3.05) is 12.1 Å². The van der Waals surface area contributed by atoms with Crippen LogP contribution < -0.4 is 5.01 Å². The van der Waals surface area contributed by atoms with Gasteiger partial charge in [0.05, 0.1) is 27.9 Å². The topological polar surface area (TPSA) is 176 Å². The summed E-state index contributed by atoms with van der Waals surface area (Å²) < 4.78 is 0. The lowest BCUT2D eigenvalue weighted by Gasteiger charge is -2.10. The van der Waals surface area contributed by atoms with Crippen molar-refractivity contribution in [2.24, 2.45) is 0 Å². The summed E-state index contributed by atoms with van der Waals surface area (Å²) in [5.74, 6) is 0. The Morgan fingerprint density at radius 3 is 1.76 bits per heavy atom. The number of hydrogen-bond donors (Lipinski definition) is 0. The molecule has 1 rings (SSSR count). The standard InChI is InChI=1S/C7H4ClN5O8/c1-9(13(20)21)6-4(11(16)17)2-3(10(14)15)5(8)7(6)12(18)19/h2H,1H3. The van der Waals surface area contributed by atoms with Crippen LogP contribution in [0.15, 0.2) is 6.07 Å². The predicted molar refractivity (Wildman–Crippen MR) is 66.8 cm³/mol. The maximum atomic E-state index is 10.9. The Morgan fingerprint density at radius 1 is 0.952 bits per heavy atom. The number of nitro groups is 4. The summed E-state index contributed by atoms with van der Waals surface area (Å²) in [6, 6.07) is 0.324. The Morgan fingerprint density at radius 2 is 1.43 bits per heavy atom. The second-order valence-corrected chi connectivity index (χ2v) is 3.84. The van der Waals surface area contributed by atoms with Crippen LogP contribution in [0, 0.1) is 40.5 Å². The number of rotatable bonds is 5. The van der Waals surface area contributed by atoms with Crippen LogP contribution in [0.1, 0.15) is 0 Å². The van der Waals surface area contributed by atoms with E-state index in [-0.39, 0.29) is 5.01 Å². The molecule has 1 aromatic rings. The van der Waals surface area contributed by atoms with Gasteiger partial charge in [-0.25, -0.2) is 10.1 Å². The van der Waals surface area contributed by atoms with Gasteiger partial charge in [-0.2, -0.15) is 0 Å². The number of benzene rings is 1. The van der Waals surface area contributed by atoms with E-state index in [4.69, 9.17) is 11.6 Å². The Bertz CT molecular complexity index is 675. The average molecular weight is 322 g/mol. The summed E-state index contributed by atoms with van der Waals surface area (Å²) in [7, 11) is 0.706. The lowest BCUT2D eigenvalue weighted by Crippen LogP contribution is -2.26. The Balaban J connectivity index is 3.94. The van der Waals surface area contributed by atoms with Crippen LogP contribution in [0.4, 0.5) is 22.7 Å². The number of nitro benzene ring substituents is 3. The third-order valence-corrected chi connectivity index (χ3v) is 2.69. The molecule has 0 amide bonds. The van der Waals surface area contributed by atoms with Gasteiger partial charge in [0, 0.05) is 0 Å². The van der Waals surface area contributed by atoms with Crippen LogP contribution >= 0.6 is 11.6 Å². The molecule has 0 aliphatic carbocycles. The van der Waals surface area contributed by atoms with Crippen molar-refractivity contribution in [1.29, 1.82) is 0 Å². The number of halogens is 1. The highest BCUT2D eigenvalue weighted by atomic mass is 35.5. The van der Waals surface area contributed by atoms with Crippen molar-refractivity contribution >= 4 is 34.4 Å². The summed E-state index contributed by atoms with van der Waals surface area (Å²) in [4.78, 5) is 39.6. The van der Waals surface area contributed by atoms with E-state index < -0.39 is 47.6 Å². The smallest absolute Gasteiger partial charge is 0.258 e. The summed E-state index contributed by atoms with van der Waals surface area (Å²) in [6.45, 7) is 0. The van der Waals surface area contributed by atoms with Crippen LogP contribution in [-0.4, -0.2) is 26.8 Å². The zero-order chi connectivity index (χ0) is 16.5. The van der Waals surface area contributed by atoms with Gasteiger partial charge in [0.15, 0.2) is 10.1 Å². The molecule has 0 fully saturated rings. The molecule has 0 aliphatic rings. The molecule has 0 atom stereocenters. The predicted octanol–water partition coefficient (Wildman–Crippen LogP) is 1.69. The number of nitrogens with zero attached hydrogens (tertiary/aromatic N) is 5. The molecule has 13 nitrogen and oxygen atoms in total. The first kappa shape index (κ1) is 16.0. The lowest BCUT2D eigenvalue weighted by atomic mass is 10.2. The summed E-state index contributed by atoms with van der Waals surface area (Å²) in [6.07, 6.45) is 0. The SMILES string of the molecule is CN(c1c([N+](=O)[O-])cc([N+](=O)[O-])c(Cl)c1[N+](=O)[O-])[N+](=O)[O-]. The van der Waals surface area contributed by atoms with Gasteiger partial charge < -0.3 is 0 Å². The van der Waals surface area contributed by atoms with E-state index in [0.29, 0.717) is 13.1 Å². The number of hydrazine groups is 1. The first-order valence-electron chi connectivity index (χ1n) is 4.77. The first-order chi connectivity index (χ1) is 9.59. The van der Waals surface area contributed by atoms with Gasteiger partial charge in [-0.3, -0.25) is 30.3 Å². The van der Waals surface area contributed by atoms with E-state index >= 15 is 0 Å². The van der Waals surface area contributed by atoms with E-state index in [1.54, 1.807) is 0 Å². The van der Waals surface area contributed by atoms with Crippen molar-refractivity contribution in [1.82, 2.24) is 0 Å². The van der Waals surface area contributed by atoms with Gasteiger partial charge in [-0.15, -0.1) is 0 Å². The van der Waals surface area contributed by atoms with Crippen LogP contribution in [0.2, 0.25) is 5.02 Å². The van der Waals surface area contributed by atoms with Gasteiger partial charge in [-0.05, 0) is 0 Å². The van der Waals surface area contributed by atoms with Crippen LogP contribution in [0.25, 0.3) is 0 Å². The van der Waals surface area contributed by atoms with Crippen molar-refractivity contribution in [2.45, 2.75) is 0 Å². The zero-order valence-corrected chi connectivity index (χ0v) is 10.7. The molecular weight excluding hydrogens is 318 g/mol. The zero-order valence-electron chi connectivity index (χ0n) is 9.96. The van der Waals surface area contributed by atoms with Crippen molar-refractivity contribution in [3.05, 3.63) is 51.5 Å². The molecule has 14 heteroatoms.